The van der Waals surface area contributed by atoms with Crippen LogP contribution in [0.4, 0.5) is 0 Å². The number of allylic oxidation sites excluding steroid dienone is 4. The lowest BCUT2D eigenvalue weighted by Gasteiger charge is -2.19. The minimum absolute atomic E-state index is 0.0551. The number of ether oxygens (including phenoxy) is 2. The predicted octanol–water partition coefficient (Wildman–Crippen LogP) is 22.1. The lowest BCUT2D eigenvalue weighted by atomic mass is 10.0. The van der Waals surface area contributed by atoms with E-state index in [2.05, 4.69) is 38.2 Å². The van der Waals surface area contributed by atoms with Crippen LogP contribution in [0.15, 0.2) is 24.3 Å². The zero-order valence-corrected chi connectivity index (χ0v) is 52.8. The molecule has 0 fully saturated rings. The molecule has 78 heavy (non-hydrogen) atoms. The quantitative estimate of drug-likeness (QED) is 0.0264. The summed E-state index contributed by atoms with van der Waals surface area (Å²) in [6.07, 6.45) is 78.7. The maximum absolute atomic E-state index is 12.7. The molecule has 0 saturated carbocycles. The van der Waals surface area contributed by atoms with Gasteiger partial charge in [0.25, 0.3) is 0 Å². The van der Waals surface area contributed by atoms with Crippen molar-refractivity contribution in [2.24, 2.45) is 5.73 Å². The van der Waals surface area contributed by atoms with Gasteiger partial charge in [-0.2, -0.15) is 0 Å². The lowest BCUT2D eigenvalue weighted by molar-refractivity contribution is -0.161. The molecule has 0 aromatic rings. The highest BCUT2D eigenvalue weighted by Crippen LogP contribution is 2.43. The summed E-state index contributed by atoms with van der Waals surface area (Å²) in [6.45, 7) is 3.79. The largest absolute Gasteiger partial charge is 0.472 e. The number of esters is 2. The molecule has 0 bridgehead atoms. The van der Waals surface area contributed by atoms with Gasteiger partial charge in [-0.05, 0) is 64.2 Å². The maximum Gasteiger partial charge on any atom is 0.472 e. The second-order valence-corrected chi connectivity index (χ2v) is 24.8. The first-order chi connectivity index (χ1) is 38.3. The van der Waals surface area contributed by atoms with Crippen molar-refractivity contribution in [1.82, 2.24) is 0 Å². The zero-order valence-electron chi connectivity index (χ0n) is 51.9. The van der Waals surface area contributed by atoms with Crippen LogP contribution in [0.3, 0.4) is 0 Å². The Balaban J connectivity index is 3.71. The fourth-order valence-electron chi connectivity index (χ4n) is 10.5. The van der Waals surface area contributed by atoms with Gasteiger partial charge in [-0.15, -0.1) is 0 Å². The summed E-state index contributed by atoms with van der Waals surface area (Å²) in [6, 6.07) is 0. The Morgan fingerprint density at radius 1 is 0.372 bits per heavy atom. The van der Waals surface area contributed by atoms with Gasteiger partial charge >= 0.3 is 19.8 Å². The van der Waals surface area contributed by atoms with Gasteiger partial charge in [-0.1, -0.05) is 314 Å². The average molecular weight is 1120 g/mol. The van der Waals surface area contributed by atoms with Gasteiger partial charge in [0, 0.05) is 19.4 Å². The fraction of sp³-hybridized carbons (Fsp3) is 0.912. The van der Waals surface area contributed by atoms with E-state index in [9.17, 15) is 19.0 Å². The molecular weight excluding hydrogens is 990 g/mol. The summed E-state index contributed by atoms with van der Waals surface area (Å²) in [7, 11) is -4.39. The van der Waals surface area contributed by atoms with E-state index >= 15 is 0 Å². The van der Waals surface area contributed by atoms with Crippen molar-refractivity contribution in [1.29, 1.82) is 0 Å². The van der Waals surface area contributed by atoms with Gasteiger partial charge < -0.3 is 20.1 Å². The van der Waals surface area contributed by atoms with Crippen molar-refractivity contribution >= 4 is 19.8 Å². The molecule has 0 aromatic heterocycles. The van der Waals surface area contributed by atoms with Gasteiger partial charge in [-0.3, -0.25) is 18.6 Å². The van der Waals surface area contributed by atoms with Crippen LogP contribution in [0, 0.1) is 0 Å². The molecule has 0 aliphatic rings. The van der Waals surface area contributed by atoms with Gasteiger partial charge in [0.2, 0.25) is 0 Å². The van der Waals surface area contributed by atoms with E-state index in [4.69, 9.17) is 24.3 Å². The first-order valence-electron chi connectivity index (χ1n) is 34.3. The smallest absolute Gasteiger partial charge is 0.462 e. The van der Waals surface area contributed by atoms with E-state index in [-0.39, 0.29) is 38.6 Å². The highest BCUT2D eigenvalue weighted by Gasteiger charge is 2.26. The third kappa shape index (κ3) is 63.7. The molecule has 9 nitrogen and oxygen atoms in total. The lowest BCUT2D eigenvalue weighted by Crippen LogP contribution is -2.29. The van der Waals surface area contributed by atoms with Crippen molar-refractivity contribution in [3.63, 3.8) is 0 Å². The average Bonchev–Trinajstić information content (AvgIpc) is 3.43. The van der Waals surface area contributed by atoms with Crippen LogP contribution in [0.25, 0.3) is 0 Å². The second kappa shape index (κ2) is 64.7. The Morgan fingerprint density at radius 2 is 0.628 bits per heavy atom. The standard InChI is InChI=1S/C68H132NO8P/c1-3-5-7-9-11-13-15-17-19-21-22-23-24-25-26-27-28-29-30-31-32-33-34-35-36-37-38-39-40-41-42-43-44-45-47-49-51-53-55-57-59-61-68(71)77-66(65-76-78(72,73)75-63-62-69)64-74-67(70)60-58-56-54-52-50-48-46-20-18-16-14-12-10-8-6-4-2/h20-22,46,66H,3-19,23-45,47-65,69H2,1-2H3,(H,72,73)/b22-21-,46-20-. The molecule has 0 spiro atoms. The van der Waals surface area contributed by atoms with Crippen molar-refractivity contribution in [3.8, 4) is 0 Å². The maximum atomic E-state index is 12.7. The number of nitrogens with two attached hydrogens (primary N) is 1. The SMILES string of the molecule is CCCCCCCCC/C=C\CCCCCCCC(=O)OCC(COP(=O)(O)OCCN)OC(=O)CCCCCCCCCCCCCCCCCCCCCCCCCCCCCCC/C=C\CCCCCCCCCC. The minimum atomic E-state index is -4.39. The summed E-state index contributed by atoms with van der Waals surface area (Å²) < 4.78 is 33.1. The van der Waals surface area contributed by atoms with Gasteiger partial charge in [0.05, 0.1) is 13.2 Å². The molecule has 3 N–H and O–H groups in total. The molecule has 462 valence electrons. The number of phosphoric ester groups is 1. The van der Waals surface area contributed by atoms with E-state index in [1.54, 1.807) is 0 Å². The molecule has 0 aromatic carbocycles. The summed E-state index contributed by atoms with van der Waals surface area (Å²) in [4.78, 5) is 35.2. The number of carbonyl (C=O) groups excluding carboxylic acids is 2. The Kier molecular flexibility index (Phi) is 63.4. The molecule has 0 amide bonds. The van der Waals surface area contributed by atoms with Crippen LogP contribution >= 0.6 is 7.82 Å². The molecule has 2 unspecified atom stereocenters. The van der Waals surface area contributed by atoms with Gasteiger partial charge in [0.1, 0.15) is 6.61 Å². The van der Waals surface area contributed by atoms with Gasteiger partial charge in [-0.25, -0.2) is 4.57 Å². The van der Waals surface area contributed by atoms with Crippen molar-refractivity contribution < 1.29 is 37.6 Å². The molecule has 10 heteroatoms. The van der Waals surface area contributed by atoms with Crippen molar-refractivity contribution in [2.45, 2.75) is 373 Å². The Labute approximate surface area is 484 Å². The number of rotatable bonds is 66. The first-order valence-corrected chi connectivity index (χ1v) is 35.8. The van der Waals surface area contributed by atoms with Crippen LogP contribution in [0.2, 0.25) is 0 Å². The number of carbonyl (C=O) groups is 2. The third-order valence-corrected chi connectivity index (χ3v) is 16.5. The van der Waals surface area contributed by atoms with Crippen LogP contribution in [-0.2, 0) is 32.7 Å². The Morgan fingerprint density at radius 3 is 0.910 bits per heavy atom. The minimum Gasteiger partial charge on any atom is -0.462 e. The number of unbranched alkanes of at least 4 members (excludes halogenated alkanes) is 49. The monoisotopic (exact) mass is 1120 g/mol. The van der Waals surface area contributed by atoms with Crippen LogP contribution in [0.1, 0.15) is 367 Å². The molecule has 0 saturated heterocycles. The highest BCUT2D eigenvalue weighted by atomic mass is 31.2. The van der Waals surface area contributed by atoms with E-state index in [1.165, 1.54) is 283 Å². The molecule has 0 heterocycles. The van der Waals surface area contributed by atoms with E-state index in [0.29, 0.717) is 6.42 Å². The van der Waals surface area contributed by atoms with E-state index < -0.39 is 26.5 Å². The molecular formula is C68H132NO8P. The summed E-state index contributed by atoms with van der Waals surface area (Å²) in [5.41, 5.74) is 5.39. The van der Waals surface area contributed by atoms with E-state index in [0.717, 1.165) is 51.4 Å². The van der Waals surface area contributed by atoms with Gasteiger partial charge in [0.15, 0.2) is 6.10 Å². The Bertz CT molecular complexity index is 1330. The third-order valence-electron chi connectivity index (χ3n) is 15.6. The predicted molar refractivity (Wildman–Crippen MR) is 335 cm³/mol. The van der Waals surface area contributed by atoms with Crippen LogP contribution < -0.4 is 5.73 Å². The zero-order chi connectivity index (χ0) is 56.6. The van der Waals surface area contributed by atoms with Crippen LogP contribution in [-0.4, -0.2) is 49.3 Å². The highest BCUT2D eigenvalue weighted by molar-refractivity contribution is 7.47. The molecule has 0 aliphatic carbocycles. The second-order valence-electron chi connectivity index (χ2n) is 23.4. The van der Waals surface area contributed by atoms with E-state index in [1.807, 2.05) is 0 Å². The summed E-state index contributed by atoms with van der Waals surface area (Å²) in [5, 5.41) is 0. The molecule has 2 atom stereocenters. The van der Waals surface area contributed by atoms with Crippen molar-refractivity contribution in [3.05, 3.63) is 24.3 Å². The summed E-state index contributed by atoms with van der Waals surface area (Å²) >= 11 is 0. The fourth-order valence-corrected chi connectivity index (χ4v) is 11.2. The Hall–Kier alpha value is -1.51. The first kappa shape index (κ1) is 76.5. The summed E-state index contributed by atoms with van der Waals surface area (Å²) in [5.74, 6) is -0.818. The molecule has 0 rings (SSSR count). The molecule has 0 aliphatic heterocycles. The topological polar surface area (TPSA) is 134 Å². The molecule has 0 radical (unpaired) electrons. The number of phosphoric acid groups is 1. The number of hydrogen-bond acceptors (Lipinski definition) is 8. The van der Waals surface area contributed by atoms with Crippen LogP contribution in [0.5, 0.6) is 0 Å². The van der Waals surface area contributed by atoms with Crippen molar-refractivity contribution in [2.75, 3.05) is 26.4 Å². The number of hydrogen-bond donors (Lipinski definition) is 2. The normalized spacial score (nSPS) is 13.0.